The summed E-state index contributed by atoms with van der Waals surface area (Å²) in [5.41, 5.74) is 8.17. The zero-order chi connectivity index (χ0) is 14.5. The first-order chi connectivity index (χ1) is 9.61. The summed E-state index contributed by atoms with van der Waals surface area (Å²) < 4.78 is 4.95. The van der Waals surface area contributed by atoms with E-state index in [9.17, 15) is 4.79 Å². The third kappa shape index (κ3) is 3.03. The molecule has 3 N–H and O–H groups in total. The Balaban J connectivity index is 2.28. The molecule has 0 unspecified atom stereocenters. The molecule has 0 amide bonds. The fourth-order valence-corrected chi connectivity index (χ4v) is 1.65. The standard InChI is InChI=1S/C14H16N4O2/c1-3-20-14(19)10-6-13(17-7-11(10)15)18-12-8-16-5-4-9(12)2/h4-8H,3,15H2,1-2H3,(H,17,18). The lowest BCUT2D eigenvalue weighted by molar-refractivity contribution is 0.0527. The number of nitrogens with zero attached hydrogens (tertiary/aromatic N) is 2. The Labute approximate surface area is 117 Å². The van der Waals surface area contributed by atoms with Gasteiger partial charge in [0.25, 0.3) is 0 Å². The van der Waals surface area contributed by atoms with Gasteiger partial charge in [-0.15, -0.1) is 0 Å². The number of nitrogen functional groups attached to an aromatic ring is 1. The molecule has 0 aliphatic heterocycles. The van der Waals surface area contributed by atoms with Crippen LogP contribution < -0.4 is 11.1 Å². The third-order valence-corrected chi connectivity index (χ3v) is 2.73. The quantitative estimate of drug-likeness (QED) is 0.830. The van der Waals surface area contributed by atoms with Gasteiger partial charge in [0.2, 0.25) is 0 Å². The number of esters is 1. The maximum atomic E-state index is 11.8. The highest BCUT2D eigenvalue weighted by Crippen LogP contribution is 2.21. The van der Waals surface area contributed by atoms with Gasteiger partial charge in [0.15, 0.2) is 0 Å². The van der Waals surface area contributed by atoms with Crippen molar-refractivity contribution in [2.75, 3.05) is 17.7 Å². The smallest absolute Gasteiger partial charge is 0.340 e. The van der Waals surface area contributed by atoms with Crippen LogP contribution in [0.3, 0.4) is 0 Å². The molecule has 104 valence electrons. The van der Waals surface area contributed by atoms with Gasteiger partial charge in [-0.05, 0) is 31.5 Å². The molecule has 6 nitrogen and oxygen atoms in total. The molecule has 0 fully saturated rings. The number of carbonyl (C=O) groups excluding carboxylic acids is 1. The van der Waals surface area contributed by atoms with Gasteiger partial charge in [-0.1, -0.05) is 0 Å². The largest absolute Gasteiger partial charge is 0.462 e. The van der Waals surface area contributed by atoms with Gasteiger partial charge in [-0.25, -0.2) is 9.78 Å². The van der Waals surface area contributed by atoms with E-state index in [1.165, 1.54) is 6.20 Å². The summed E-state index contributed by atoms with van der Waals surface area (Å²) in [6, 6.07) is 3.45. The number of hydrogen-bond acceptors (Lipinski definition) is 6. The van der Waals surface area contributed by atoms with Gasteiger partial charge in [-0.2, -0.15) is 0 Å². The summed E-state index contributed by atoms with van der Waals surface area (Å²) in [5, 5.41) is 3.10. The first kappa shape index (κ1) is 13.8. The van der Waals surface area contributed by atoms with E-state index in [4.69, 9.17) is 10.5 Å². The number of nitrogens with two attached hydrogens (primary N) is 1. The van der Waals surface area contributed by atoms with E-state index in [0.29, 0.717) is 18.0 Å². The van der Waals surface area contributed by atoms with Crippen LogP contribution in [-0.2, 0) is 4.74 Å². The number of hydrogen-bond donors (Lipinski definition) is 2. The highest BCUT2D eigenvalue weighted by molar-refractivity contribution is 5.95. The predicted molar refractivity (Wildman–Crippen MR) is 76.9 cm³/mol. The molecule has 2 rings (SSSR count). The molecule has 2 aromatic heterocycles. The number of aromatic nitrogens is 2. The van der Waals surface area contributed by atoms with E-state index in [-0.39, 0.29) is 5.69 Å². The fraction of sp³-hybridized carbons (Fsp3) is 0.214. The monoisotopic (exact) mass is 272 g/mol. The summed E-state index contributed by atoms with van der Waals surface area (Å²) in [5.74, 6) is 0.0525. The summed E-state index contributed by atoms with van der Waals surface area (Å²) in [7, 11) is 0. The third-order valence-electron chi connectivity index (χ3n) is 2.73. The SMILES string of the molecule is CCOC(=O)c1cc(Nc2cnccc2C)ncc1N. The molecule has 20 heavy (non-hydrogen) atoms. The Bertz CT molecular complexity index is 628. The van der Waals surface area contributed by atoms with E-state index >= 15 is 0 Å². The van der Waals surface area contributed by atoms with Crippen LogP contribution in [0.15, 0.2) is 30.7 Å². The highest BCUT2D eigenvalue weighted by atomic mass is 16.5. The molecule has 2 aromatic rings. The molecule has 0 spiro atoms. The lowest BCUT2D eigenvalue weighted by atomic mass is 10.2. The van der Waals surface area contributed by atoms with E-state index in [1.54, 1.807) is 25.4 Å². The van der Waals surface area contributed by atoms with E-state index in [2.05, 4.69) is 15.3 Å². The Kier molecular flexibility index (Phi) is 4.14. The van der Waals surface area contributed by atoms with Crippen LogP contribution in [0.5, 0.6) is 0 Å². The molecule has 2 heterocycles. The number of carbonyl (C=O) groups is 1. The summed E-state index contributed by atoms with van der Waals surface area (Å²) in [6.07, 6.45) is 4.83. The highest BCUT2D eigenvalue weighted by Gasteiger charge is 2.12. The van der Waals surface area contributed by atoms with Crippen molar-refractivity contribution in [2.24, 2.45) is 0 Å². The topological polar surface area (TPSA) is 90.1 Å². The summed E-state index contributed by atoms with van der Waals surface area (Å²) >= 11 is 0. The van der Waals surface area contributed by atoms with Crippen LogP contribution in [0.25, 0.3) is 0 Å². The van der Waals surface area contributed by atoms with Gasteiger partial charge < -0.3 is 15.8 Å². The van der Waals surface area contributed by atoms with Crippen LogP contribution >= 0.6 is 0 Å². The molecule has 0 radical (unpaired) electrons. The Morgan fingerprint density at radius 3 is 2.95 bits per heavy atom. The Morgan fingerprint density at radius 2 is 2.25 bits per heavy atom. The van der Waals surface area contributed by atoms with Crippen molar-refractivity contribution in [1.82, 2.24) is 9.97 Å². The minimum Gasteiger partial charge on any atom is -0.462 e. The number of nitrogens with one attached hydrogen (secondary N) is 1. The predicted octanol–water partition coefficient (Wildman–Crippen LogP) is 2.29. The van der Waals surface area contributed by atoms with Crippen LogP contribution in [0.4, 0.5) is 17.2 Å². The molecule has 0 aliphatic carbocycles. The summed E-state index contributed by atoms with van der Waals surface area (Å²) in [4.78, 5) is 20.0. The van der Waals surface area contributed by atoms with Gasteiger partial charge in [0.1, 0.15) is 5.82 Å². The van der Waals surface area contributed by atoms with Crippen LogP contribution in [0, 0.1) is 6.92 Å². The first-order valence-corrected chi connectivity index (χ1v) is 6.22. The van der Waals surface area contributed by atoms with Crippen molar-refractivity contribution >= 4 is 23.2 Å². The first-order valence-electron chi connectivity index (χ1n) is 6.22. The van der Waals surface area contributed by atoms with Gasteiger partial charge >= 0.3 is 5.97 Å². The molecule has 0 saturated heterocycles. The minimum atomic E-state index is -0.460. The van der Waals surface area contributed by atoms with Crippen LogP contribution in [-0.4, -0.2) is 22.5 Å². The number of rotatable bonds is 4. The number of pyridine rings is 2. The van der Waals surface area contributed by atoms with E-state index in [0.717, 1.165) is 11.3 Å². The van der Waals surface area contributed by atoms with Gasteiger partial charge in [0, 0.05) is 6.20 Å². The van der Waals surface area contributed by atoms with Crippen LogP contribution in [0.2, 0.25) is 0 Å². The van der Waals surface area contributed by atoms with Gasteiger partial charge in [0.05, 0.1) is 35.9 Å². The van der Waals surface area contributed by atoms with E-state index in [1.807, 2.05) is 13.0 Å². The maximum Gasteiger partial charge on any atom is 0.340 e. The molecule has 0 aromatic carbocycles. The Hall–Kier alpha value is -2.63. The van der Waals surface area contributed by atoms with Crippen molar-refractivity contribution in [3.63, 3.8) is 0 Å². The molecule has 6 heteroatoms. The molecule has 0 saturated carbocycles. The van der Waals surface area contributed by atoms with Crippen molar-refractivity contribution in [1.29, 1.82) is 0 Å². The lowest BCUT2D eigenvalue weighted by Gasteiger charge is -2.10. The van der Waals surface area contributed by atoms with Crippen molar-refractivity contribution in [3.05, 3.63) is 41.9 Å². The maximum absolute atomic E-state index is 11.8. The van der Waals surface area contributed by atoms with Crippen molar-refractivity contribution in [2.45, 2.75) is 13.8 Å². The number of ether oxygens (including phenoxy) is 1. The zero-order valence-electron chi connectivity index (χ0n) is 11.4. The van der Waals surface area contributed by atoms with E-state index < -0.39 is 5.97 Å². The normalized spacial score (nSPS) is 10.1. The second-order valence-electron chi connectivity index (χ2n) is 4.19. The lowest BCUT2D eigenvalue weighted by Crippen LogP contribution is -2.09. The second kappa shape index (κ2) is 6.01. The molecular weight excluding hydrogens is 256 g/mol. The summed E-state index contributed by atoms with van der Waals surface area (Å²) in [6.45, 7) is 3.99. The molecule has 0 aliphatic rings. The zero-order valence-corrected chi connectivity index (χ0v) is 11.4. The molecular formula is C14H16N4O2. The number of anilines is 3. The molecule has 0 atom stereocenters. The molecule has 0 bridgehead atoms. The fourth-order valence-electron chi connectivity index (χ4n) is 1.65. The van der Waals surface area contributed by atoms with Crippen LogP contribution in [0.1, 0.15) is 22.8 Å². The van der Waals surface area contributed by atoms with Crippen molar-refractivity contribution in [3.8, 4) is 0 Å². The van der Waals surface area contributed by atoms with Crippen molar-refractivity contribution < 1.29 is 9.53 Å². The second-order valence-corrected chi connectivity index (χ2v) is 4.19. The average molecular weight is 272 g/mol. The Morgan fingerprint density at radius 1 is 1.45 bits per heavy atom. The average Bonchev–Trinajstić information content (AvgIpc) is 2.43. The minimum absolute atomic E-state index is 0.289. The van der Waals surface area contributed by atoms with Gasteiger partial charge in [-0.3, -0.25) is 4.98 Å². The number of aryl methyl sites for hydroxylation is 1.